The number of hydrogen-bond acceptors (Lipinski definition) is 4. The molecule has 0 saturated carbocycles. The van der Waals surface area contributed by atoms with Crippen LogP contribution < -0.4 is 0 Å². The second kappa shape index (κ2) is 4.96. The van der Waals surface area contributed by atoms with E-state index >= 15 is 0 Å². The SMILES string of the molecule is CCC/C(O)=C1/C(=O)C[C@@H](CC)OC1=O. The number of cyclic esters (lactones) is 1. The summed E-state index contributed by atoms with van der Waals surface area (Å²) >= 11 is 0. The van der Waals surface area contributed by atoms with E-state index in [1.807, 2.05) is 13.8 Å². The molecular formula is C11H16O4. The van der Waals surface area contributed by atoms with Gasteiger partial charge >= 0.3 is 5.97 Å². The van der Waals surface area contributed by atoms with Crippen LogP contribution >= 0.6 is 0 Å². The number of Topliss-reactive ketones (excluding diaryl/α,β-unsaturated/α-hetero) is 1. The highest BCUT2D eigenvalue weighted by Crippen LogP contribution is 2.22. The van der Waals surface area contributed by atoms with E-state index in [1.54, 1.807) is 0 Å². The Balaban J connectivity index is 2.88. The van der Waals surface area contributed by atoms with E-state index in [4.69, 9.17) is 4.74 Å². The van der Waals surface area contributed by atoms with Gasteiger partial charge in [0.2, 0.25) is 0 Å². The van der Waals surface area contributed by atoms with Gasteiger partial charge in [0.15, 0.2) is 5.78 Å². The molecule has 0 unspecified atom stereocenters. The van der Waals surface area contributed by atoms with Gasteiger partial charge in [-0.15, -0.1) is 0 Å². The van der Waals surface area contributed by atoms with Gasteiger partial charge in [0.25, 0.3) is 0 Å². The number of allylic oxidation sites excluding steroid dienone is 1. The normalized spacial score (nSPS) is 25.1. The van der Waals surface area contributed by atoms with Gasteiger partial charge < -0.3 is 9.84 Å². The van der Waals surface area contributed by atoms with Gasteiger partial charge in [-0.05, 0) is 12.8 Å². The molecule has 1 rings (SSSR count). The molecule has 1 aliphatic rings. The number of aliphatic hydroxyl groups is 1. The molecule has 0 spiro atoms. The van der Waals surface area contributed by atoms with Crippen LogP contribution in [0.3, 0.4) is 0 Å². The predicted octanol–water partition coefficient (Wildman–Crippen LogP) is 1.89. The molecule has 0 aromatic carbocycles. The third kappa shape index (κ3) is 2.58. The minimum absolute atomic E-state index is 0.137. The van der Waals surface area contributed by atoms with Crippen molar-refractivity contribution in [2.24, 2.45) is 0 Å². The second-order valence-electron chi connectivity index (χ2n) is 3.63. The number of ketones is 1. The molecule has 0 aromatic rings. The molecule has 15 heavy (non-hydrogen) atoms. The number of esters is 1. The molecule has 0 aromatic heterocycles. The van der Waals surface area contributed by atoms with Crippen LogP contribution in [0.5, 0.6) is 0 Å². The van der Waals surface area contributed by atoms with Gasteiger partial charge in [-0.2, -0.15) is 0 Å². The van der Waals surface area contributed by atoms with Crippen molar-refractivity contribution in [3.63, 3.8) is 0 Å². The molecule has 0 radical (unpaired) electrons. The van der Waals surface area contributed by atoms with E-state index < -0.39 is 5.97 Å². The van der Waals surface area contributed by atoms with E-state index in [1.165, 1.54) is 0 Å². The number of carbonyl (C=O) groups is 2. The summed E-state index contributed by atoms with van der Waals surface area (Å²) in [6.45, 7) is 3.72. The molecule has 1 aliphatic heterocycles. The summed E-state index contributed by atoms with van der Waals surface area (Å²) in [6.07, 6.45) is 1.51. The molecule has 4 nitrogen and oxygen atoms in total. The summed E-state index contributed by atoms with van der Waals surface area (Å²) in [7, 11) is 0. The van der Waals surface area contributed by atoms with Crippen LogP contribution in [-0.2, 0) is 14.3 Å². The summed E-state index contributed by atoms with van der Waals surface area (Å²) in [5, 5.41) is 9.53. The monoisotopic (exact) mass is 212 g/mol. The van der Waals surface area contributed by atoms with Crippen molar-refractivity contribution in [2.75, 3.05) is 0 Å². The van der Waals surface area contributed by atoms with Crippen LogP contribution in [0, 0.1) is 0 Å². The smallest absolute Gasteiger partial charge is 0.345 e. The van der Waals surface area contributed by atoms with Crippen LogP contribution in [0.25, 0.3) is 0 Å². The first-order valence-corrected chi connectivity index (χ1v) is 5.26. The highest BCUT2D eigenvalue weighted by molar-refractivity contribution is 6.19. The van der Waals surface area contributed by atoms with Crippen molar-refractivity contribution in [3.8, 4) is 0 Å². The van der Waals surface area contributed by atoms with Gasteiger partial charge in [-0.3, -0.25) is 4.79 Å². The van der Waals surface area contributed by atoms with E-state index in [0.29, 0.717) is 19.3 Å². The summed E-state index contributed by atoms with van der Waals surface area (Å²) in [5.74, 6) is -1.12. The molecule has 4 heteroatoms. The third-order valence-corrected chi connectivity index (χ3v) is 2.40. The lowest BCUT2D eigenvalue weighted by atomic mass is 9.98. The number of carbonyl (C=O) groups excluding carboxylic acids is 2. The zero-order chi connectivity index (χ0) is 11.4. The van der Waals surface area contributed by atoms with Gasteiger partial charge in [0.1, 0.15) is 17.4 Å². The van der Waals surface area contributed by atoms with Crippen molar-refractivity contribution in [3.05, 3.63) is 11.3 Å². The number of hydrogen-bond donors (Lipinski definition) is 1. The first kappa shape index (κ1) is 11.8. The number of rotatable bonds is 3. The van der Waals surface area contributed by atoms with Crippen LogP contribution in [0.4, 0.5) is 0 Å². The summed E-state index contributed by atoms with van der Waals surface area (Å²) in [5.41, 5.74) is -0.151. The average molecular weight is 212 g/mol. The fourth-order valence-corrected chi connectivity index (χ4v) is 1.54. The average Bonchev–Trinajstić information content (AvgIpc) is 2.16. The first-order chi connectivity index (χ1) is 7.10. The van der Waals surface area contributed by atoms with Gasteiger partial charge in [0.05, 0.1) is 0 Å². The van der Waals surface area contributed by atoms with Crippen molar-refractivity contribution < 1.29 is 19.4 Å². The number of aliphatic hydroxyl groups excluding tert-OH is 1. The quantitative estimate of drug-likeness (QED) is 0.336. The zero-order valence-electron chi connectivity index (χ0n) is 9.08. The van der Waals surface area contributed by atoms with E-state index in [0.717, 1.165) is 0 Å². The lowest BCUT2D eigenvalue weighted by Gasteiger charge is -2.22. The molecule has 84 valence electrons. The largest absolute Gasteiger partial charge is 0.511 e. The molecule has 1 fully saturated rings. The van der Waals surface area contributed by atoms with Gasteiger partial charge in [-0.25, -0.2) is 4.79 Å². The standard InChI is InChI=1S/C11H16O4/c1-3-5-8(12)10-9(13)6-7(4-2)15-11(10)14/h7,12H,3-6H2,1-2H3/b10-8+/t7-/m1/s1. The Hall–Kier alpha value is -1.32. The Labute approximate surface area is 88.9 Å². The highest BCUT2D eigenvalue weighted by Gasteiger charge is 2.33. The van der Waals surface area contributed by atoms with Crippen LogP contribution in [0.15, 0.2) is 11.3 Å². The fraction of sp³-hybridized carbons (Fsp3) is 0.636. The molecule has 0 aliphatic carbocycles. The lowest BCUT2D eigenvalue weighted by Crippen LogP contribution is -2.32. The summed E-state index contributed by atoms with van der Waals surface area (Å²) in [6, 6.07) is 0. The zero-order valence-corrected chi connectivity index (χ0v) is 9.08. The highest BCUT2D eigenvalue weighted by atomic mass is 16.5. The van der Waals surface area contributed by atoms with E-state index in [-0.39, 0.29) is 29.6 Å². The lowest BCUT2D eigenvalue weighted by molar-refractivity contribution is -0.151. The first-order valence-electron chi connectivity index (χ1n) is 5.26. The second-order valence-corrected chi connectivity index (χ2v) is 3.63. The Morgan fingerprint density at radius 2 is 2.13 bits per heavy atom. The van der Waals surface area contributed by atoms with Crippen molar-refractivity contribution in [1.82, 2.24) is 0 Å². The topological polar surface area (TPSA) is 63.6 Å². The maximum atomic E-state index is 11.6. The van der Waals surface area contributed by atoms with Crippen LogP contribution in [0.1, 0.15) is 39.5 Å². The van der Waals surface area contributed by atoms with E-state index in [2.05, 4.69) is 0 Å². The Kier molecular flexibility index (Phi) is 3.88. The van der Waals surface area contributed by atoms with Crippen LogP contribution in [-0.4, -0.2) is 23.0 Å². The van der Waals surface area contributed by atoms with Crippen molar-refractivity contribution in [2.45, 2.75) is 45.6 Å². The van der Waals surface area contributed by atoms with Crippen LogP contribution in [0.2, 0.25) is 0 Å². The Bertz CT molecular complexity index is 284. The van der Waals surface area contributed by atoms with Crippen molar-refractivity contribution >= 4 is 11.8 Å². The molecular weight excluding hydrogens is 196 g/mol. The summed E-state index contributed by atoms with van der Waals surface area (Å²) < 4.78 is 5.01. The fourth-order valence-electron chi connectivity index (χ4n) is 1.54. The predicted molar refractivity (Wildman–Crippen MR) is 54.4 cm³/mol. The molecule has 0 amide bonds. The number of ether oxygens (including phenoxy) is 1. The molecule has 1 atom stereocenters. The maximum absolute atomic E-state index is 11.6. The molecule has 1 saturated heterocycles. The third-order valence-electron chi connectivity index (χ3n) is 2.40. The summed E-state index contributed by atoms with van der Waals surface area (Å²) in [4.78, 5) is 23.0. The molecule has 0 bridgehead atoms. The van der Waals surface area contributed by atoms with Crippen molar-refractivity contribution in [1.29, 1.82) is 0 Å². The van der Waals surface area contributed by atoms with Gasteiger partial charge in [-0.1, -0.05) is 13.8 Å². The Morgan fingerprint density at radius 3 is 2.60 bits per heavy atom. The minimum Gasteiger partial charge on any atom is -0.511 e. The Morgan fingerprint density at radius 1 is 1.47 bits per heavy atom. The van der Waals surface area contributed by atoms with E-state index in [9.17, 15) is 14.7 Å². The minimum atomic E-state index is -0.677. The molecule has 1 heterocycles. The molecule has 1 N–H and O–H groups in total. The maximum Gasteiger partial charge on any atom is 0.345 e. The van der Waals surface area contributed by atoms with Gasteiger partial charge in [0, 0.05) is 12.8 Å².